The SMILES string of the molecule is O=C(NCCOC(=O)C(c1ccccc1)c1ccccc1)c1ccncc1. The first-order chi connectivity index (χ1) is 13.3. The highest BCUT2D eigenvalue weighted by atomic mass is 16.5. The van der Waals surface area contributed by atoms with Crippen molar-refractivity contribution in [1.29, 1.82) is 0 Å². The topological polar surface area (TPSA) is 68.3 Å². The number of nitrogens with one attached hydrogen (secondary N) is 1. The molecule has 0 unspecified atom stereocenters. The quantitative estimate of drug-likeness (QED) is 0.519. The van der Waals surface area contributed by atoms with Gasteiger partial charge in [0.25, 0.3) is 5.91 Å². The second-order valence-corrected chi connectivity index (χ2v) is 5.91. The van der Waals surface area contributed by atoms with Crippen molar-refractivity contribution >= 4 is 11.9 Å². The smallest absolute Gasteiger partial charge is 0.317 e. The number of nitrogens with zero attached hydrogens (tertiary/aromatic N) is 1. The van der Waals surface area contributed by atoms with E-state index in [4.69, 9.17) is 4.74 Å². The van der Waals surface area contributed by atoms with Gasteiger partial charge in [-0.05, 0) is 23.3 Å². The zero-order valence-electron chi connectivity index (χ0n) is 14.7. The molecule has 0 atom stereocenters. The molecule has 2 aromatic carbocycles. The van der Waals surface area contributed by atoms with Crippen molar-refractivity contribution in [2.45, 2.75) is 5.92 Å². The lowest BCUT2D eigenvalue weighted by atomic mass is 9.91. The molecule has 1 aromatic heterocycles. The third-order valence-corrected chi connectivity index (χ3v) is 4.08. The molecule has 0 spiro atoms. The van der Waals surface area contributed by atoms with Crippen LogP contribution >= 0.6 is 0 Å². The average molecular weight is 360 g/mol. The maximum atomic E-state index is 12.7. The maximum Gasteiger partial charge on any atom is 0.317 e. The van der Waals surface area contributed by atoms with Crippen LogP contribution in [0.3, 0.4) is 0 Å². The molecule has 27 heavy (non-hydrogen) atoms. The van der Waals surface area contributed by atoms with Crippen LogP contribution in [0.5, 0.6) is 0 Å². The highest BCUT2D eigenvalue weighted by Crippen LogP contribution is 2.25. The van der Waals surface area contributed by atoms with Gasteiger partial charge in [-0.25, -0.2) is 0 Å². The Morgan fingerprint density at radius 1 is 0.852 bits per heavy atom. The average Bonchev–Trinajstić information content (AvgIpc) is 2.73. The highest BCUT2D eigenvalue weighted by Gasteiger charge is 2.23. The summed E-state index contributed by atoms with van der Waals surface area (Å²) in [7, 11) is 0. The van der Waals surface area contributed by atoms with Crippen molar-refractivity contribution in [3.05, 3.63) is 102 Å². The number of aromatic nitrogens is 1. The predicted octanol–water partition coefficient (Wildman–Crippen LogP) is 3.19. The lowest BCUT2D eigenvalue weighted by Crippen LogP contribution is -2.29. The summed E-state index contributed by atoms with van der Waals surface area (Å²) in [5, 5.41) is 2.73. The minimum atomic E-state index is -0.497. The number of carbonyl (C=O) groups is 2. The molecule has 5 heteroatoms. The summed E-state index contributed by atoms with van der Waals surface area (Å²) in [6.07, 6.45) is 3.11. The Hall–Kier alpha value is -3.47. The minimum absolute atomic E-state index is 0.103. The maximum absolute atomic E-state index is 12.7. The Morgan fingerprint density at radius 3 is 1.96 bits per heavy atom. The molecule has 1 amide bonds. The number of benzene rings is 2. The van der Waals surface area contributed by atoms with E-state index in [1.807, 2.05) is 60.7 Å². The molecule has 0 saturated heterocycles. The molecular formula is C22H20N2O3. The first-order valence-electron chi connectivity index (χ1n) is 8.70. The van der Waals surface area contributed by atoms with Gasteiger partial charge in [-0.15, -0.1) is 0 Å². The largest absolute Gasteiger partial charge is 0.463 e. The normalized spacial score (nSPS) is 10.4. The Kier molecular flexibility index (Phi) is 6.30. The van der Waals surface area contributed by atoms with Crippen molar-refractivity contribution in [3.8, 4) is 0 Å². The van der Waals surface area contributed by atoms with E-state index in [2.05, 4.69) is 10.3 Å². The summed E-state index contributed by atoms with van der Waals surface area (Å²) in [6.45, 7) is 0.342. The van der Waals surface area contributed by atoms with Crippen LogP contribution in [0.1, 0.15) is 27.4 Å². The molecule has 136 valence electrons. The fourth-order valence-corrected chi connectivity index (χ4v) is 2.76. The molecule has 3 aromatic rings. The Labute approximate surface area is 158 Å². The number of hydrogen-bond acceptors (Lipinski definition) is 4. The van der Waals surface area contributed by atoms with E-state index in [-0.39, 0.29) is 25.0 Å². The molecular weight excluding hydrogens is 340 g/mol. The Morgan fingerprint density at radius 2 is 1.41 bits per heavy atom. The molecule has 0 radical (unpaired) electrons. The van der Waals surface area contributed by atoms with Crippen LogP contribution in [0.4, 0.5) is 0 Å². The monoisotopic (exact) mass is 360 g/mol. The van der Waals surface area contributed by atoms with Gasteiger partial charge in [0, 0.05) is 18.0 Å². The van der Waals surface area contributed by atoms with Crippen LogP contribution in [0, 0.1) is 0 Å². The zero-order chi connectivity index (χ0) is 18.9. The number of esters is 1. The van der Waals surface area contributed by atoms with Gasteiger partial charge >= 0.3 is 5.97 Å². The van der Waals surface area contributed by atoms with Crippen LogP contribution in [-0.4, -0.2) is 30.0 Å². The van der Waals surface area contributed by atoms with E-state index < -0.39 is 5.92 Å². The molecule has 3 rings (SSSR count). The van der Waals surface area contributed by atoms with Gasteiger partial charge in [0.15, 0.2) is 0 Å². The van der Waals surface area contributed by atoms with E-state index >= 15 is 0 Å². The summed E-state index contributed by atoms with van der Waals surface area (Å²) in [6, 6.07) is 22.3. The van der Waals surface area contributed by atoms with Crippen molar-refractivity contribution in [2.24, 2.45) is 0 Å². The molecule has 0 aliphatic rings. The van der Waals surface area contributed by atoms with Gasteiger partial charge in [-0.2, -0.15) is 0 Å². The van der Waals surface area contributed by atoms with Gasteiger partial charge in [-0.3, -0.25) is 14.6 Å². The number of hydrogen-bond donors (Lipinski definition) is 1. The van der Waals surface area contributed by atoms with Crippen molar-refractivity contribution < 1.29 is 14.3 Å². The van der Waals surface area contributed by atoms with Gasteiger partial charge in [-0.1, -0.05) is 60.7 Å². The second-order valence-electron chi connectivity index (χ2n) is 5.91. The molecule has 1 heterocycles. The van der Waals surface area contributed by atoms with E-state index in [0.29, 0.717) is 5.56 Å². The Bertz CT molecular complexity index is 828. The summed E-state index contributed by atoms with van der Waals surface area (Å²) in [5.41, 5.74) is 2.26. The third-order valence-electron chi connectivity index (χ3n) is 4.08. The molecule has 1 N–H and O–H groups in total. The van der Waals surface area contributed by atoms with Crippen LogP contribution in [-0.2, 0) is 9.53 Å². The molecule has 5 nitrogen and oxygen atoms in total. The summed E-state index contributed by atoms with van der Waals surface area (Å²) in [5.74, 6) is -1.06. The zero-order valence-corrected chi connectivity index (χ0v) is 14.7. The molecule has 0 aliphatic carbocycles. The van der Waals surface area contributed by atoms with Crippen LogP contribution < -0.4 is 5.32 Å². The standard InChI is InChI=1S/C22H20N2O3/c25-21(19-11-13-23-14-12-19)24-15-16-27-22(26)20(17-7-3-1-4-8-17)18-9-5-2-6-10-18/h1-14,20H,15-16H2,(H,24,25). The number of pyridine rings is 1. The first-order valence-corrected chi connectivity index (χ1v) is 8.70. The fourth-order valence-electron chi connectivity index (χ4n) is 2.76. The van der Waals surface area contributed by atoms with Crippen molar-refractivity contribution in [1.82, 2.24) is 10.3 Å². The molecule has 0 bridgehead atoms. The third kappa shape index (κ3) is 5.01. The summed E-state index contributed by atoms with van der Waals surface area (Å²) in [4.78, 5) is 28.6. The number of carbonyl (C=O) groups excluding carboxylic acids is 2. The van der Waals surface area contributed by atoms with Crippen molar-refractivity contribution in [3.63, 3.8) is 0 Å². The van der Waals surface area contributed by atoms with Gasteiger partial charge in [0.1, 0.15) is 12.5 Å². The van der Waals surface area contributed by atoms with Crippen LogP contribution in [0.15, 0.2) is 85.2 Å². The number of rotatable bonds is 7. The summed E-state index contributed by atoms with van der Waals surface area (Å²) < 4.78 is 5.43. The van der Waals surface area contributed by atoms with Crippen LogP contribution in [0.2, 0.25) is 0 Å². The predicted molar refractivity (Wildman–Crippen MR) is 102 cm³/mol. The van der Waals surface area contributed by atoms with E-state index in [9.17, 15) is 9.59 Å². The molecule has 0 aliphatic heterocycles. The van der Waals surface area contributed by atoms with E-state index in [1.165, 1.54) is 0 Å². The minimum Gasteiger partial charge on any atom is -0.463 e. The van der Waals surface area contributed by atoms with Crippen molar-refractivity contribution in [2.75, 3.05) is 13.2 Å². The van der Waals surface area contributed by atoms with E-state index in [0.717, 1.165) is 11.1 Å². The lowest BCUT2D eigenvalue weighted by molar-refractivity contribution is -0.144. The lowest BCUT2D eigenvalue weighted by Gasteiger charge is -2.17. The van der Waals surface area contributed by atoms with E-state index in [1.54, 1.807) is 24.5 Å². The fraction of sp³-hybridized carbons (Fsp3) is 0.136. The number of amides is 1. The second kappa shape index (κ2) is 9.29. The Balaban J connectivity index is 1.59. The summed E-state index contributed by atoms with van der Waals surface area (Å²) >= 11 is 0. The molecule has 0 fully saturated rings. The van der Waals surface area contributed by atoms with Gasteiger partial charge in [0.2, 0.25) is 0 Å². The van der Waals surface area contributed by atoms with Gasteiger partial charge < -0.3 is 10.1 Å². The molecule has 0 saturated carbocycles. The number of ether oxygens (including phenoxy) is 1. The highest BCUT2D eigenvalue weighted by molar-refractivity contribution is 5.93. The van der Waals surface area contributed by atoms with Gasteiger partial charge in [0.05, 0.1) is 6.54 Å². The first kappa shape index (κ1) is 18.3. The van der Waals surface area contributed by atoms with Crippen LogP contribution in [0.25, 0.3) is 0 Å².